The predicted octanol–water partition coefficient (Wildman–Crippen LogP) is 5.90. The number of ether oxygens (including phenoxy) is 1. The fraction of sp³-hybridized carbons (Fsp3) is 0.115. The molecule has 0 atom stereocenters. The summed E-state index contributed by atoms with van der Waals surface area (Å²) in [7, 11) is 0. The van der Waals surface area contributed by atoms with Crippen LogP contribution in [0.2, 0.25) is 5.02 Å². The van der Waals surface area contributed by atoms with Crippen molar-refractivity contribution in [2.75, 3.05) is 11.9 Å². The number of anilines is 1. The number of imide groups is 1. The van der Waals surface area contributed by atoms with E-state index in [2.05, 4.69) is 5.32 Å². The Labute approximate surface area is 206 Å². The highest BCUT2D eigenvalue weighted by Crippen LogP contribution is 2.35. The van der Waals surface area contributed by atoms with Crippen LogP contribution in [-0.2, 0) is 16.1 Å². The molecule has 0 unspecified atom stereocenters. The number of carbonyl (C=O) groups is 3. The molecule has 0 spiro atoms. The van der Waals surface area contributed by atoms with Gasteiger partial charge in [-0.05, 0) is 66.2 Å². The van der Waals surface area contributed by atoms with Gasteiger partial charge in [0.15, 0.2) is 6.61 Å². The van der Waals surface area contributed by atoms with Gasteiger partial charge in [-0.2, -0.15) is 0 Å². The minimum absolute atomic E-state index is 0.202. The largest absolute Gasteiger partial charge is 0.483 e. The van der Waals surface area contributed by atoms with Crippen molar-refractivity contribution in [1.82, 2.24) is 4.90 Å². The molecule has 1 aliphatic rings. The zero-order valence-corrected chi connectivity index (χ0v) is 19.9. The minimum atomic E-state index is -0.383. The van der Waals surface area contributed by atoms with Crippen LogP contribution in [0.5, 0.6) is 5.75 Å². The second-order valence-corrected chi connectivity index (χ2v) is 9.01. The van der Waals surface area contributed by atoms with E-state index in [1.807, 2.05) is 49.4 Å². The first-order valence-electron chi connectivity index (χ1n) is 10.5. The lowest BCUT2D eigenvalue weighted by molar-refractivity contribution is -0.123. The number of para-hydroxylation sites is 1. The molecule has 1 saturated heterocycles. The quantitative estimate of drug-likeness (QED) is 0.415. The Bertz CT molecular complexity index is 1280. The van der Waals surface area contributed by atoms with Gasteiger partial charge in [-0.25, -0.2) is 0 Å². The summed E-state index contributed by atoms with van der Waals surface area (Å²) in [4.78, 5) is 39.3. The predicted molar refractivity (Wildman–Crippen MR) is 135 cm³/mol. The maximum absolute atomic E-state index is 13.0. The number of nitrogens with one attached hydrogen (secondary N) is 1. The van der Waals surface area contributed by atoms with Crippen molar-refractivity contribution in [2.45, 2.75) is 13.5 Å². The first-order chi connectivity index (χ1) is 16.4. The Morgan fingerprint density at radius 2 is 1.79 bits per heavy atom. The zero-order valence-electron chi connectivity index (χ0n) is 18.3. The molecule has 0 aliphatic carbocycles. The summed E-state index contributed by atoms with van der Waals surface area (Å²) in [5.74, 6) is -0.338. The van der Waals surface area contributed by atoms with Crippen LogP contribution < -0.4 is 10.1 Å². The van der Waals surface area contributed by atoms with Crippen LogP contribution in [0.3, 0.4) is 0 Å². The molecule has 3 aromatic rings. The number of hydrogen-bond donors (Lipinski definition) is 1. The van der Waals surface area contributed by atoms with Gasteiger partial charge in [0.2, 0.25) is 0 Å². The first kappa shape index (κ1) is 23.6. The third-order valence-electron chi connectivity index (χ3n) is 5.14. The molecule has 3 aromatic carbocycles. The fourth-order valence-corrected chi connectivity index (χ4v) is 4.37. The van der Waals surface area contributed by atoms with Gasteiger partial charge in [0.1, 0.15) is 5.75 Å². The molecule has 4 rings (SSSR count). The fourth-order valence-electron chi connectivity index (χ4n) is 3.36. The summed E-state index contributed by atoms with van der Waals surface area (Å²) in [5.41, 5.74) is 3.07. The number of carbonyl (C=O) groups excluding carboxylic acids is 3. The van der Waals surface area contributed by atoms with E-state index in [0.29, 0.717) is 22.0 Å². The first-order valence-corrected chi connectivity index (χ1v) is 11.7. The molecule has 6 nitrogen and oxygen atoms in total. The van der Waals surface area contributed by atoms with E-state index in [4.69, 9.17) is 16.3 Å². The highest BCUT2D eigenvalue weighted by molar-refractivity contribution is 8.18. The van der Waals surface area contributed by atoms with Crippen LogP contribution in [-0.4, -0.2) is 28.6 Å². The van der Waals surface area contributed by atoms with Crippen LogP contribution in [0.25, 0.3) is 6.08 Å². The third-order valence-corrected chi connectivity index (χ3v) is 6.28. The van der Waals surface area contributed by atoms with Crippen LogP contribution in [0.4, 0.5) is 10.5 Å². The third kappa shape index (κ3) is 5.68. The Balaban J connectivity index is 1.49. The Morgan fingerprint density at radius 3 is 2.56 bits per heavy atom. The number of thioether (sulfide) groups is 1. The maximum atomic E-state index is 13.0. The standard InChI is InChI=1S/C26H21ClN2O4S/c1-17-7-5-6-8-18(17)15-29-25(31)23(34-26(29)32)14-19-13-20(27)11-12-22(19)33-16-24(30)28-21-9-3-2-4-10-21/h2-14H,15-16H2,1H3,(H,28,30)/b23-14-. The summed E-state index contributed by atoms with van der Waals surface area (Å²) in [6.07, 6.45) is 1.57. The number of nitrogens with zero attached hydrogens (tertiary/aromatic N) is 1. The van der Waals surface area contributed by atoms with E-state index in [1.165, 1.54) is 4.90 Å². The summed E-state index contributed by atoms with van der Waals surface area (Å²) in [5, 5.41) is 2.84. The molecule has 1 fully saturated rings. The number of rotatable bonds is 7. The molecule has 34 heavy (non-hydrogen) atoms. The van der Waals surface area contributed by atoms with E-state index < -0.39 is 0 Å². The summed E-state index contributed by atoms with van der Waals surface area (Å²) < 4.78 is 5.70. The Morgan fingerprint density at radius 1 is 1.06 bits per heavy atom. The summed E-state index contributed by atoms with van der Waals surface area (Å²) in [6, 6.07) is 21.6. The lowest BCUT2D eigenvalue weighted by Gasteiger charge is -2.14. The molecular weight excluding hydrogens is 472 g/mol. The summed E-state index contributed by atoms with van der Waals surface area (Å²) in [6.45, 7) is 1.91. The average Bonchev–Trinajstić information content (AvgIpc) is 3.08. The molecule has 8 heteroatoms. The van der Waals surface area contributed by atoms with Crippen molar-refractivity contribution < 1.29 is 19.1 Å². The lowest BCUT2D eigenvalue weighted by atomic mass is 10.1. The van der Waals surface area contributed by atoms with Crippen molar-refractivity contribution in [3.63, 3.8) is 0 Å². The van der Waals surface area contributed by atoms with Crippen molar-refractivity contribution in [3.05, 3.63) is 99.4 Å². The molecular formula is C26H21ClN2O4S. The summed E-state index contributed by atoms with van der Waals surface area (Å²) >= 11 is 7.02. The molecule has 172 valence electrons. The highest BCUT2D eigenvalue weighted by atomic mass is 35.5. The van der Waals surface area contributed by atoms with Crippen LogP contribution in [0, 0.1) is 6.92 Å². The van der Waals surface area contributed by atoms with Crippen LogP contribution in [0.1, 0.15) is 16.7 Å². The number of aryl methyl sites for hydroxylation is 1. The van der Waals surface area contributed by atoms with Crippen molar-refractivity contribution in [1.29, 1.82) is 0 Å². The van der Waals surface area contributed by atoms with Crippen LogP contribution in [0.15, 0.2) is 77.7 Å². The smallest absolute Gasteiger partial charge is 0.293 e. The SMILES string of the molecule is Cc1ccccc1CN1C(=O)S/C(=C\c2cc(Cl)ccc2OCC(=O)Nc2ccccc2)C1=O. The number of halogens is 1. The number of benzene rings is 3. The van der Waals surface area contributed by atoms with Gasteiger partial charge in [0.05, 0.1) is 11.4 Å². The van der Waals surface area contributed by atoms with Gasteiger partial charge in [-0.3, -0.25) is 19.3 Å². The highest BCUT2D eigenvalue weighted by Gasteiger charge is 2.35. The molecule has 1 N–H and O–H groups in total. The van der Waals surface area contributed by atoms with E-state index in [0.717, 1.165) is 22.9 Å². The zero-order chi connectivity index (χ0) is 24.1. The minimum Gasteiger partial charge on any atom is -0.483 e. The van der Waals surface area contributed by atoms with Gasteiger partial charge in [-0.15, -0.1) is 0 Å². The molecule has 3 amide bonds. The monoisotopic (exact) mass is 492 g/mol. The van der Waals surface area contributed by atoms with Crippen molar-refractivity contribution >= 4 is 52.2 Å². The number of hydrogen-bond acceptors (Lipinski definition) is 5. The molecule has 1 heterocycles. The number of amides is 3. The van der Waals surface area contributed by atoms with Crippen molar-refractivity contribution in [2.24, 2.45) is 0 Å². The van der Waals surface area contributed by atoms with E-state index in [1.54, 1.807) is 36.4 Å². The van der Waals surface area contributed by atoms with Gasteiger partial charge < -0.3 is 10.1 Å². The second-order valence-electron chi connectivity index (χ2n) is 7.58. The normalized spacial score (nSPS) is 14.5. The van der Waals surface area contributed by atoms with Crippen molar-refractivity contribution in [3.8, 4) is 5.75 Å². The maximum Gasteiger partial charge on any atom is 0.293 e. The van der Waals surface area contributed by atoms with Gasteiger partial charge in [-0.1, -0.05) is 54.1 Å². The topological polar surface area (TPSA) is 75.7 Å². The molecule has 1 aliphatic heterocycles. The van der Waals surface area contributed by atoms with Gasteiger partial charge >= 0.3 is 0 Å². The van der Waals surface area contributed by atoms with E-state index >= 15 is 0 Å². The second kappa shape index (κ2) is 10.6. The molecule has 0 saturated carbocycles. The molecule has 0 radical (unpaired) electrons. The molecule has 0 bridgehead atoms. The van der Waals surface area contributed by atoms with E-state index in [9.17, 15) is 14.4 Å². The lowest BCUT2D eigenvalue weighted by Crippen LogP contribution is -2.27. The van der Waals surface area contributed by atoms with E-state index in [-0.39, 0.29) is 35.1 Å². The molecule has 0 aromatic heterocycles. The average molecular weight is 493 g/mol. The van der Waals surface area contributed by atoms with Crippen LogP contribution >= 0.6 is 23.4 Å². The van der Waals surface area contributed by atoms with Gasteiger partial charge in [0, 0.05) is 16.3 Å². The van der Waals surface area contributed by atoms with Gasteiger partial charge in [0.25, 0.3) is 17.1 Å². The Hall–Kier alpha value is -3.55. The Kier molecular flexibility index (Phi) is 7.35.